The van der Waals surface area contributed by atoms with Gasteiger partial charge in [0.2, 0.25) is 0 Å². The van der Waals surface area contributed by atoms with Crippen LogP contribution >= 0.6 is 11.3 Å². The smallest absolute Gasteiger partial charge is 0.143 e. The van der Waals surface area contributed by atoms with E-state index in [1.54, 1.807) is 0 Å². The van der Waals surface area contributed by atoms with Gasteiger partial charge in [-0.1, -0.05) is 164 Å². The van der Waals surface area contributed by atoms with Gasteiger partial charge in [-0.05, 0) is 87.5 Å². The third-order valence-electron chi connectivity index (χ3n) is 12.2. The Bertz CT molecular complexity index is 3290. The zero-order valence-corrected chi connectivity index (χ0v) is 32.3. The quantitative estimate of drug-likeness (QED) is 0.168. The molecule has 0 unspecified atom stereocenters. The van der Waals surface area contributed by atoms with E-state index in [2.05, 4.69) is 217 Å². The van der Waals surface area contributed by atoms with Gasteiger partial charge in [-0.15, -0.1) is 11.3 Å². The lowest BCUT2D eigenvalue weighted by atomic mass is 9.67. The number of hydrogen-bond donors (Lipinski definition) is 0. The fourth-order valence-electron chi connectivity index (χ4n) is 9.67. The van der Waals surface area contributed by atoms with Crippen LogP contribution in [0.1, 0.15) is 22.3 Å². The Morgan fingerprint density at radius 3 is 1.78 bits per heavy atom. The van der Waals surface area contributed by atoms with Crippen molar-refractivity contribution in [2.45, 2.75) is 5.41 Å². The minimum atomic E-state index is -0.550. The molecule has 12 rings (SSSR count). The Morgan fingerprint density at radius 2 is 1.02 bits per heavy atom. The van der Waals surface area contributed by atoms with E-state index < -0.39 is 5.41 Å². The summed E-state index contributed by atoms with van der Waals surface area (Å²) in [5.74, 6) is 0. The Labute approximate surface area is 340 Å². The number of anilines is 3. The van der Waals surface area contributed by atoms with Gasteiger partial charge in [0.05, 0.1) is 5.41 Å². The topological polar surface area (TPSA) is 16.4 Å². The van der Waals surface area contributed by atoms with Crippen LogP contribution < -0.4 is 4.90 Å². The van der Waals surface area contributed by atoms with E-state index in [1.807, 2.05) is 11.3 Å². The zero-order valence-electron chi connectivity index (χ0n) is 31.5. The van der Waals surface area contributed by atoms with E-state index in [4.69, 9.17) is 4.42 Å². The van der Waals surface area contributed by atoms with Crippen LogP contribution in [0, 0.1) is 0 Å². The molecule has 58 heavy (non-hydrogen) atoms. The number of nitrogens with zero attached hydrogens (tertiary/aromatic N) is 1. The molecule has 11 aromatic rings. The van der Waals surface area contributed by atoms with E-state index in [0.29, 0.717) is 0 Å². The third kappa shape index (κ3) is 4.78. The number of thiophene rings is 1. The van der Waals surface area contributed by atoms with Crippen LogP contribution in [-0.4, -0.2) is 0 Å². The van der Waals surface area contributed by atoms with Gasteiger partial charge < -0.3 is 9.32 Å². The molecule has 272 valence electrons. The summed E-state index contributed by atoms with van der Waals surface area (Å²) in [5, 5.41) is 4.89. The monoisotopic (exact) mass is 757 g/mol. The molecule has 2 nitrogen and oxygen atoms in total. The van der Waals surface area contributed by atoms with Crippen LogP contribution in [0.15, 0.2) is 217 Å². The van der Waals surface area contributed by atoms with Gasteiger partial charge in [-0.2, -0.15) is 0 Å². The molecule has 9 aromatic carbocycles. The summed E-state index contributed by atoms with van der Waals surface area (Å²) in [4.78, 5) is 2.38. The highest BCUT2D eigenvalue weighted by Crippen LogP contribution is 2.59. The molecule has 1 aliphatic rings. The Kier molecular flexibility index (Phi) is 7.35. The van der Waals surface area contributed by atoms with Gasteiger partial charge in [0.1, 0.15) is 11.2 Å². The van der Waals surface area contributed by atoms with Gasteiger partial charge >= 0.3 is 0 Å². The first-order chi connectivity index (χ1) is 28.8. The van der Waals surface area contributed by atoms with Crippen molar-refractivity contribution < 1.29 is 4.42 Å². The van der Waals surface area contributed by atoms with Crippen molar-refractivity contribution in [1.82, 2.24) is 0 Å². The Morgan fingerprint density at radius 1 is 0.414 bits per heavy atom. The lowest BCUT2D eigenvalue weighted by Crippen LogP contribution is -2.28. The van der Waals surface area contributed by atoms with E-state index in [-0.39, 0.29) is 0 Å². The minimum Gasteiger partial charge on any atom is -0.455 e. The van der Waals surface area contributed by atoms with Crippen LogP contribution in [0.3, 0.4) is 0 Å². The van der Waals surface area contributed by atoms with E-state index in [0.717, 1.165) is 44.6 Å². The van der Waals surface area contributed by atoms with Crippen LogP contribution in [0.25, 0.3) is 64.4 Å². The molecule has 0 fully saturated rings. The highest BCUT2D eigenvalue weighted by Gasteiger charge is 2.47. The first kappa shape index (κ1) is 33.0. The summed E-state index contributed by atoms with van der Waals surface area (Å²) in [6.45, 7) is 0. The average molecular weight is 758 g/mol. The highest BCUT2D eigenvalue weighted by molar-refractivity contribution is 7.26. The number of rotatable bonds is 6. The molecule has 0 saturated heterocycles. The summed E-state index contributed by atoms with van der Waals surface area (Å²) >= 11 is 1.87. The summed E-state index contributed by atoms with van der Waals surface area (Å²) < 4.78 is 9.52. The van der Waals surface area contributed by atoms with Crippen molar-refractivity contribution in [3.63, 3.8) is 0 Å². The molecular weight excluding hydrogens is 723 g/mol. The highest BCUT2D eigenvalue weighted by atomic mass is 32.1. The second-order valence-corrected chi connectivity index (χ2v) is 16.2. The maximum Gasteiger partial charge on any atom is 0.143 e. The van der Waals surface area contributed by atoms with Crippen LogP contribution in [0.5, 0.6) is 0 Å². The lowest BCUT2D eigenvalue weighted by molar-refractivity contribution is 0.669. The molecule has 0 N–H and O–H groups in total. The van der Waals surface area contributed by atoms with Crippen LogP contribution in [0.4, 0.5) is 17.1 Å². The number of fused-ring (bicyclic) bond motifs is 10. The van der Waals surface area contributed by atoms with Crippen molar-refractivity contribution in [2.75, 3.05) is 4.90 Å². The molecule has 1 aliphatic carbocycles. The van der Waals surface area contributed by atoms with Gasteiger partial charge in [0.15, 0.2) is 0 Å². The second kappa shape index (κ2) is 12.9. The molecule has 0 saturated carbocycles. The zero-order chi connectivity index (χ0) is 38.2. The molecule has 0 atom stereocenters. The summed E-state index contributed by atoms with van der Waals surface area (Å²) in [7, 11) is 0. The maximum atomic E-state index is 6.88. The molecule has 0 aliphatic heterocycles. The van der Waals surface area contributed by atoms with Crippen molar-refractivity contribution in [2.24, 2.45) is 0 Å². The van der Waals surface area contributed by atoms with Gasteiger partial charge in [0, 0.05) is 53.6 Å². The number of furan rings is 1. The molecule has 2 heterocycles. The van der Waals surface area contributed by atoms with Gasteiger partial charge in [-0.25, -0.2) is 0 Å². The fraction of sp³-hybridized carbons (Fsp3) is 0.0182. The number of hydrogen-bond acceptors (Lipinski definition) is 3. The largest absolute Gasteiger partial charge is 0.455 e. The van der Waals surface area contributed by atoms with E-state index in [9.17, 15) is 0 Å². The summed E-state index contributed by atoms with van der Waals surface area (Å²) in [6.07, 6.45) is 0. The molecule has 0 amide bonds. The molecule has 0 radical (unpaired) electrons. The summed E-state index contributed by atoms with van der Waals surface area (Å²) in [5.41, 5.74) is 14.3. The third-order valence-corrected chi connectivity index (χ3v) is 13.4. The van der Waals surface area contributed by atoms with Crippen LogP contribution in [-0.2, 0) is 5.41 Å². The van der Waals surface area contributed by atoms with Crippen molar-refractivity contribution in [1.29, 1.82) is 0 Å². The Hall–Kier alpha value is -7.20. The van der Waals surface area contributed by atoms with E-state index in [1.165, 1.54) is 59.1 Å². The predicted molar refractivity (Wildman–Crippen MR) is 244 cm³/mol. The minimum absolute atomic E-state index is 0.550. The Balaban J connectivity index is 1.08. The lowest BCUT2D eigenvalue weighted by Gasteiger charge is -2.34. The predicted octanol–water partition coefficient (Wildman–Crippen LogP) is 15.5. The van der Waals surface area contributed by atoms with E-state index >= 15 is 0 Å². The summed E-state index contributed by atoms with van der Waals surface area (Å²) in [6, 6.07) is 77.3. The average Bonchev–Trinajstić information content (AvgIpc) is 3.96. The maximum absolute atomic E-state index is 6.88. The van der Waals surface area contributed by atoms with Crippen molar-refractivity contribution in [3.8, 4) is 22.3 Å². The van der Waals surface area contributed by atoms with Crippen molar-refractivity contribution >= 4 is 70.5 Å². The first-order valence-corrected chi connectivity index (χ1v) is 20.7. The standard InChI is InChI=1S/C55H35NOS/c1-4-15-37(16-5-1)55(38-17-6-2-7-18-38)48-33-31-41(35-47(48)52-49(55)34-32-45-43-21-10-12-25-50(43)57-53(45)52)56(39-19-8-3-9-20-39)40-29-27-36(28-30-40)42-23-14-24-46-44-22-11-13-26-51(44)58-54(42)46/h1-35H. The first-order valence-electron chi connectivity index (χ1n) is 19.8. The van der Waals surface area contributed by atoms with Crippen LogP contribution in [0.2, 0.25) is 0 Å². The van der Waals surface area contributed by atoms with Gasteiger partial charge in [-0.3, -0.25) is 0 Å². The SMILES string of the molecule is c1ccc(N(c2ccc(-c3cccc4c3sc3ccccc34)cc2)c2ccc3c(c2)-c2c(ccc4c2oc2ccccc24)C3(c2ccccc2)c2ccccc2)cc1. The second-order valence-electron chi connectivity index (χ2n) is 15.2. The number of benzene rings is 9. The normalized spacial score (nSPS) is 13.0. The van der Waals surface area contributed by atoms with Crippen molar-refractivity contribution in [3.05, 3.63) is 235 Å². The number of para-hydroxylation sites is 2. The fourth-order valence-corrected chi connectivity index (χ4v) is 10.9. The molecule has 0 spiro atoms. The molecular formula is C55H35NOS. The molecule has 0 bridgehead atoms. The van der Waals surface area contributed by atoms with Gasteiger partial charge in [0.25, 0.3) is 0 Å². The molecule has 2 aromatic heterocycles. The molecule has 3 heteroatoms.